The van der Waals surface area contributed by atoms with Crippen molar-refractivity contribution >= 4 is 7.71 Å². The summed E-state index contributed by atoms with van der Waals surface area (Å²) in [7, 11) is 6.61. The second kappa shape index (κ2) is 2.93. The zero-order valence-electron chi connectivity index (χ0n) is 6.92. The normalized spacial score (nSPS) is 13.3. The maximum absolute atomic E-state index is 5.97. The highest BCUT2D eigenvalue weighted by Gasteiger charge is 2.32. The molecule has 0 amide bonds. The number of rotatable bonds is 2. The van der Waals surface area contributed by atoms with Crippen LogP contribution in [0.1, 0.15) is 0 Å². The van der Waals surface area contributed by atoms with Crippen molar-refractivity contribution in [1.82, 2.24) is 9.34 Å². The molecule has 0 radical (unpaired) electrons. The van der Waals surface area contributed by atoms with E-state index in [4.69, 9.17) is 5.50 Å². The minimum absolute atomic E-state index is 1.42. The maximum atomic E-state index is 5.97. The molecule has 0 unspecified atom stereocenters. The standard InChI is InChI=1S/C5H17N3P/c1-7(2)9(5,6)8(3)4/h6H2,1-5H3/q+1. The van der Waals surface area contributed by atoms with E-state index >= 15 is 0 Å². The minimum atomic E-state index is -1.42. The van der Waals surface area contributed by atoms with Crippen molar-refractivity contribution in [3.8, 4) is 0 Å². The largest absolute Gasteiger partial charge is 0.217 e. The van der Waals surface area contributed by atoms with Crippen molar-refractivity contribution < 1.29 is 0 Å². The lowest BCUT2D eigenvalue weighted by atomic mass is 11.3. The predicted molar refractivity (Wildman–Crippen MR) is 44.4 cm³/mol. The van der Waals surface area contributed by atoms with Gasteiger partial charge in [-0.25, -0.2) is 0 Å². The van der Waals surface area contributed by atoms with Gasteiger partial charge in [-0.3, -0.25) is 0 Å². The van der Waals surface area contributed by atoms with Gasteiger partial charge in [0.25, 0.3) is 0 Å². The highest BCUT2D eigenvalue weighted by atomic mass is 31.2. The summed E-state index contributed by atoms with van der Waals surface area (Å²) in [4.78, 5) is 0. The van der Waals surface area contributed by atoms with E-state index < -0.39 is 7.71 Å². The van der Waals surface area contributed by atoms with Crippen LogP contribution >= 0.6 is 7.71 Å². The maximum Gasteiger partial charge on any atom is 0.217 e. The van der Waals surface area contributed by atoms with Crippen LogP contribution in [0.25, 0.3) is 0 Å². The summed E-state index contributed by atoms with van der Waals surface area (Å²) in [5, 5.41) is 0. The van der Waals surface area contributed by atoms with Gasteiger partial charge in [-0.05, 0) is 0 Å². The Bertz CT molecular complexity index is 80.2. The van der Waals surface area contributed by atoms with Crippen molar-refractivity contribution in [1.29, 1.82) is 0 Å². The molecule has 0 fully saturated rings. The SMILES string of the molecule is CN(C)[P+](C)(N)N(C)C. The first kappa shape index (κ1) is 9.31. The van der Waals surface area contributed by atoms with Crippen LogP contribution in [0.4, 0.5) is 0 Å². The molecule has 0 atom stereocenters. The number of hydrogen-bond donors (Lipinski definition) is 1. The highest BCUT2D eigenvalue weighted by molar-refractivity contribution is 7.68. The van der Waals surface area contributed by atoms with E-state index in [2.05, 4.69) is 16.0 Å². The summed E-state index contributed by atoms with van der Waals surface area (Å²) in [6, 6.07) is 0. The second-order valence-electron chi connectivity index (χ2n) is 2.67. The molecule has 0 aromatic rings. The van der Waals surface area contributed by atoms with Gasteiger partial charge >= 0.3 is 0 Å². The molecular formula is C5H17N3P+. The highest BCUT2D eigenvalue weighted by Crippen LogP contribution is 2.49. The molecule has 0 aliphatic rings. The Balaban J connectivity index is 4.01. The fourth-order valence-electron chi connectivity index (χ4n) is 0.358. The summed E-state index contributed by atoms with van der Waals surface area (Å²) >= 11 is 0. The van der Waals surface area contributed by atoms with Crippen LogP contribution in [0.3, 0.4) is 0 Å². The third-order valence-electron chi connectivity index (χ3n) is 1.62. The average Bonchev–Trinajstić information content (AvgIpc) is 1.65. The first-order valence-corrected chi connectivity index (χ1v) is 5.11. The molecule has 0 heterocycles. The van der Waals surface area contributed by atoms with Crippen LogP contribution in [0.5, 0.6) is 0 Å². The van der Waals surface area contributed by atoms with Gasteiger partial charge in [0, 0.05) is 28.2 Å². The molecular weight excluding hydrogens is 133 g/mol. The van der Waals surface area contributed by atoms with Gasteiger partial charge in [0.1, 0.15) is 0 Å². The van der Waals surface area contributed by atoms with E-state index in [0.717, 1.165) is 0 Å². The van der Waals surface area contributed by atoms with Gasteiger partial charge in [0.15, 0.2) is 0 Å². The zero-order valence-corrected chi connectivity index (χ0v) is 7.81. The van der Waals surface area contributed by atoms with E-state index in [-0.39, 0.29) is 0 Å². The molecule has 0 aliphatic heterocycles. The molecule has 0 aromatic heterocycles. The van der Waals surface area contributed by atoms with Crippen LogP contribution < -0.4 is 5.50 Å². The third kappa shape index (κ3) is 2.18. The molecule has 0 rings (SSSR count). The molecule has 0 bridgehead atoms. The van der Waals surface area contributed by atoms with Gasteiger partial charge in [-0.1, -0.05) is 0 Å². The van der Waals surface area contributed by atoms with E-state index in [0.29, 0.717) is 0 Å². The molecule has 0 saturated heterocycles. The fourth-order valence-corrected chi connectivity index (χ4v) is 1.07. The summed E-state index contributed by atoms with van der Waals surface area (Å²) in [5.41, 5.74) is 5.97. The Hall–Kier alpha value is 0.310. The lowest BCUT2D eigenvalue weighted by Gasteiger charge is -2.28. The fraction of sp³-hybridized carbons (Fsp3) is 1.00. The molecule has 4 heteroatoms. The molecule has 3 nitrogen and oxygen atoms in total. The van der Waals surface area contributed by atoms with Crippen LogP contribution in [-0.2, 0) is 0 Å². The number of hydrogen-bond acceptors (Lipinski definition) is 3. The average molecular weight is 150 g/mol. The Kier molecular flexibility index (Phi) is 3.03. The molecule has 0 aromatic carbocycles. The lowest BCUT2D eigenvalue weighted by Crippen LogP contribution is -2.31. The molecule has 9 heavy (non-hydrogen) atoms. The second-order valence-corrected chi connectivity index (χ2v) is 6.23. The minimum Gasteiger partial charge on any atom is -0.174 e. The predicted octanol–water partition coefficient (Wildman–Crippen LogP) is 0.461. The van der Waals surface area contributed by atoms with E-state index in [1.165, 1.54) is 0 Å². The van der Waals surface area contributed by atoms with Crippen molar-refractivity contribution in [2.24, 2.45) is 5.50 Å². The lowest BCUT2D eigenvalue weighted by molar-refractivity contribution is 0.555. The van der Waals surface area contributed by atoms with Crippen LogP contribution in [0, 0.1) is 0 Å². The summed E-state index contributed by atoms with van der Waals surface area (Å²) in [6.45, 7) is 2.08. The first-order chi connectivity index (χ1) is 3.89. The van der Waals surface area contributed by atoms with Gasteiger partial charge in [-0.2, -0.15) is 14.8 Å². The zero-order chi connectivity index (χ0) is 7.65. The molecule has 0 aliphatic carbocycles. The van der Waals surface area contributed by atoms with Crippen molar-refractivity contribution in [2.75, 3.05) is 34.9 Å². The van der Waals surface area contributed by atoms with Gasteiger partial charge in [0.05, 0.1) is 6.66 Å². The van der Waals surface area contributed by atoms with Gasteiger partial charge in [-0.15, -0.1) is 0 Å². The summed E-state index contributed by atoms with van der Waals surface area (Å²) in [6.07, 6.45) is 0. The van der Waals surface area contributed by atoms with Crippen molar-refractivity contribution in [2.45, 2.75) is 0 Å². The summed E-state index contributed by atoms with van der Waals surface area (Å²) in [5.74, 6) is 0. The van der Waals surface area contributed by atoms with Crippen LogP contribution in [0.15, 0.2) is 0 Å². The summed E-state index contributed by atoms with van der Waals surface area (Å²) < 4.78 is 4.15. The smallest absolute Gasteiger partial charge is 0.174 e. The van der Waals surface area contributed by atoms with Crippen LogP contribution in [-0.4, -0.2) is 44.2 Å². The van der Waals surface area contributed by atoms with E-state index in [9.17, 15) is 0 Å². The number of nitrogens with zero attached hydrogens (tertiary/aromatic N) is 2. The Labute approximate surface area is 58.3 Å². The molecule has 56 valence electrons. The van der Waals surface area contributed by atoms with Crippen molar-refractivity contribution in [3.05, 3.63) is 0 Å². The van der Waals surface area contributed by atoms with Crippen LogP contribution in [0.2, 0.25) is 0 Å². The Morgan fingerprint density at radius 1 is 1.00 bits per heavy atom. The van der Waals surface area contributed by atoms with E-state index in [1.807, 2.05) is 28.2 Å². The third-order valence-corrected chi connectivity index (χ3v) is 4.86. The number of nitrogens with two attached hydrogens (primary N) is 1. The van der Waals surface area contributed by atoms with Crippen molar-refractivity contribution in [3.63, 3.8) is 0 Å². The molecule has 2 N–H and O–H groups in total. The first-order valence-electron chi connectivity index (χ1n) is 2.89. The monoisotopic (exact) mass is 150 g/mol. The van der Waals surface area contributed by atoms with Gasteiger partial charge < -0.3 is 0 Å². The van der Waals surface area contributed by atoms with E-state index in [1.54, 1.807) is 0 Å². The molecule has 0 spiro atoms. The topological polar surface area (TPSA) is 32.5 Å². The Morgan fingerprint density at radius 2 is 1.22 bits per heavy atom. The van der Waals surface area contributed by atoms with Gasteiger partial charge in [0.2, 0.25) is 7.71 Å². The Morgan fingerprint density at radius 3 is 1.22 bits per heavy atom. The quantitative estimate of drug-likeness (QED) is 0.580. The molecule has 0 saturated carbocycles.